The van der Waals surface area contributed by atoms with Gasteiger partial charge in [0.1, 0.15) is 10.4 Å². The molecule has 0 bridgehead atoms. The zero-order valence-corrected chi connectivity index (χ0v) is 18.4. The van der Waals surface area contributed by atoms with Crippen LogP contribution in [0.4, 0.5) is 5.82 Å². The van der Waals surface area contributed by atoms with Crippen LogP contribution in [-0.4, -0.2) is 45.4 Å². The van der Waals surface area contributed by atoms with Gasteiger partial charge in [-0.2, -0.15) is 0 Å². The van der Waals surface area contributed by atoms with E-state index >= 15 is 0 Å². The predicted octanol–water partition coefficient (Wildman–Crippen LogP) is 4.20. The summed E-state index contributed by atoms with van der Waals surface area (Å²) < 4.78 is 0.809. The van der Waals surface area contributed by atoms with Crippen molar-refractivity contribution in [3.8, 4) is 0 Å². The van der Waals surface area contributed by atoms with Gasteiger partial charge in [-0.3, -0.25) is 9.78 Å². The summed E-state index contributed by atoms with van der Waals surface area (Å²) >= 11 is 3.42. The van der Waals surface area contributed by atoms with E-state index in [1.807, 2.05) is 47.5 Å². The fourth-order valence-corrected chi connectivity index (χ4v) is 5.20. The summed E-state index contributed by atoms with van der Waals surface area (Å²) in [5.74, 6) is 1.22. The van der Waals surface area contributed by atoms with Crippen molar-refractivity contribution in [2.45, 2.75) is 32.2 Å². The third kappa shape index (κ3) is 3.67. The molecule has 7 heteroatoms. The van der Waals surface area contributed by atoms with Gasteiger partial charge in [-0.1, -0.05) is 12.1 Å². The molecule has 2 aliphatic rings. The Balaban J connectivity index is 1.29. The molecule has 30 heavy (non-hydrogen) atoms. The Hall–Kier alpha value is -2.54. The summed E-state index contributed by atoms with van der Waals surface area (Å²) in [7, 11) is 0. The number of nitrogens with zero attached hydrogens (tertiary/aromatic N) is 5. The molecule has 2 saturated heterocycles. The van der Waals surface area contributed by atoms with Crippen molar-refractivity contribution in [3.63, 3.8) is 0 Å². The van der Waals surface area contributed by atoms with Crippen LogP contribution in [0.1, 0.15) is 31.2 Å². The van der Waals surface area contributed by atoms with E-state index in [-0.39, 0.29) is 5.41 Å². The van der Waals surface area contributed by atoms with Crippen LogP contribution in [-0.2, 0) is 11.3 Å². The van der Waals surface area contributed by atoms with Gasteiger partial charge < -0.3 is 9.80 Å². The minimum absolute atomic E-state index is 0.233. The number of piperidine rings is 2. The second kappa shape index (κ2) is 7.95. The van der Waals surface area contributed by atoms with Crippen molar-refractivity contribution >= 4 is 38.7 Å². The molecule has 0 N–H and O–H groups in total. The Morgan fingerprint density at radius 3 is 2.60 bits per heavy atom. The van der Waals surface area contributed by atoms with Gasteiger partial charge in [-0.15, -0.1) is 0 Å². The lowest BCUT2D eigenvalue weighted by Gasteiger charge is -2.46. The van der Waals surface area contributed by atoms with Crippen molar-refractivity contribution in [1.29, 1.82) is 0 Å². The highest BCUT2D eigenvalue weighted by molar-refractivity contribution is 9.10. The molecule has 0 aliphatic carbocycles. The average Bonchev–Trinajstić information content (AvgIpc) is 2.77. The van der Waals surface area contributed by atoms with Gasteiger partial charge in [0, 0.05) is 32.4 Å². The predicted molar refractivity (Wildman–Crippen MR) is 120 cm³/mol. The second-order valence-electron chi connectivity index (χ2n) is 8.30. The summed E-state index contributed by atoms with van der Waals surface area (Å²) in [6.45, 7) is 3.17. The van der Waals surface area contributed by atoms with Crippen molar-refractivity contribution in [1.82, 2.24) is 19.9 Å². The number of hydrogen-bond acceptors (Lipinski definition) is 5. The van der Waals surface area contributed by atoms with Crippen LogP contribution in [0.3, 0.4) is 0 Å². The zero-order valence-electron chi connectivity index (χ0n) is 16.8. The maximum absolute atomic E-state index is 13.5. The molecule has 1 amide bonds. The highest BCUT2D eigenvalue weighted by Crippen LogP contribution is 2.42. The third-order valence-electron chi connectivity index (χ3n) is 6.47. The molecule has 2 aromatic heterocycles. The minimum atomic E-state index is -0.233. The van der Waals surface area contributed by atoms with Crippen LogP contribution in [0, 0.1) is 5.41 Å². The maximum atomic E-state index is 13.5. The van der Waals surface area contributed by atoms with Gasteiger partial charge in [0.05, 0.1) is 22.6 Å². The van der Waals surface area contributed by atoms with E-state index in [1.165, 1.54) is 0 Å². The number of carbonyl (C=O) groups excluding carboxylic acids is 1. The van der Waals surface area contributed by atoms with Gasteiger partial charge in [0.2, 0.25) is 5.91 Å². The number of anilines is 1. The maximum Gasteiger partial charge on any atom is 0.229 e. The lowest BCUT2D eigenvalue weighted by atomic mass is 9.71. The number of likely N-dealkylation sites (tertiary alicyclic amines) is 1. The van der Waals surface area contributed by atoms with Gasteiger partial charge >= 0.3 is 0 Å². The first-order valence-electron chi connectivity index (χ1n) is 10.5. The second-order valence-corrected chi connectivity index (χ2v) is 9.11. The fraction of sp³-hybridized carbons (Fsp3) is 0.391. The number of carbonyl (C=O) groups is 1. The molecule has 0 unspecified atom stereocenters. The molecule has 154 valence electrons. The summed E-state index contributed by atoms with van der Waals surface area (Å²) in [4.78, 5) is 31.3. The summed E-state index contributed by atoms with van der Waals surface area (Å²) in [6.07, 6.45) is 7.43. The number of aromatic nitrogens is 3. The number of halogens is 1. The van der Waals surface area contributed by atoms with Crippen LogP contribution < -0.4 is 4.90 Å². The van der Waals surface area contributed by atoms with E-state index < -0.39 is 0 Å². The van der Waals surface area contributed by atoms with Crippen molar-refractivity contribution in [2.75, 3.05) is 24.5 Å². The van der Waals surface area contributed by atoms with E-state index in [4.69, 9.17) is 4.98 Å². The van der Waals surface area contributed by atoms with E-state index in [0.29, 0.717) is 12.5 Å². The number of fused-ring (bicyclic) bond motifs is 1. The molecule has 5 rings (SSSR count). The lowest BCUT2D eigenvalue weighted by molar-refractivity contribution is -0.148. The number of pyridine rings is 1. The Morgan fingerprint density at radius 1 is 1.00 bits per heavy atom. The molecule has 0 saturated carbocycles. The molecule has 2 aliphatic heterocycles. The molecular weight excluding hydrogens is 442 g/mol. The first-order chi connectivity index (χ1) is 14.6. The van der Waals surface area contributed by atoms with Gasteiger partial charge in [-0.25, -0.2) is 9.97 Å². The van der Waals surface area contributed by atoms with Gasteiger partial charge in [-0.05, 0) is 71.4 Å². The van der Waals surface area contributed by atoms with Crippen LogP contribution in [0.2, 0.25) is 0 Å². The number of amides is 1. The first kappa shape index (κ1) is 19.4. The summed E-state index contributed by atoms with van der Waals surface area (Å²) in [6, 6.07) is 11.9. The average molecular weight is 466 g/mol. The lowest BCUT2D eigenvalue weighted by Crippen LogP contribution is -2.53. The molecule has 4 heterocycles. The SMILES string of the molecule is O=C1N(Cc2ccnc(Br)c2)CCCC12CCN(c1cnc3ccccc3n1)CC2. The normalized spacial score (nSPS) is 18.9. The van der Waals surface area contributed by atoms with E-state index in [2.05, 4.69) is 30.8 Å². The molecular formula is C23H24BrN5O. The minimum Gasteiger partial charge on any atom is -0.355 e. The van der Waals surface area contributed by atoms with Crippen LogP contribution >= 0.6 is 15.9 Å². The third-order valence-corrected chi connectivity index (χ3v) is 6.90. The van der Waals surface area contributed by atoms with Crippen LogP contribution in [0.5, 0.6) is 0 Å². The number of rotatable bonds is 3. The highest BCUT2D eigenvalue weighted by Gasteiger charge is 2.45. The van der Waals surface area contributed by atoms with Crippen LogP contribution in [0.15, 0.2) is 53.4 Å². The van der Waals surface area contributed by atoms with E-state index in [9.17, 15) is 4.79 Å². The van der Waals surface area contributed by atoms with Gasteiger partial charge in [0.25, 0.3) is 0 Å². The monoisotopic (exact) mass is 465 g/mol. The van der Waals surface area contributed by atoms with Crippen molar-refractivity contribution in [3.05, 3.63) is 59.0 Å². The Labute approximate surface area is 184 Å². The van der Waals surface area contributed by atoms with Crippen molar-refractivity contribution in [2.24, 2.45) is 5.41 Å². The zero-order chi connectivity index (χ0) is 20.6. The molecule has 1 spiro atoms. The first-order valence-corrected chi connectivity index (χ1v) is 11.3. The molecule has 3 aromatic rings. The van der Waals surface area contributed by atoms with Crippen molar-refractivity contribution < 1.29 is 4.79 Å². The quantitative estimate of drug-likeness (QED) is 0.542. The van der Waals surface area contributed by atoms with Gasteiger partial charge in [0.15, 0.2) is 0 Å². The fourth-order valence-electron chi connectivity index (χ4n) is 4.79. The molecule has 0 radical (unpaired) electrons. The number of benzene rings is 1. The molecule has 6 nitrogen and oxygen atoms in total. The standard InChI is InChI=1S/C23H24BrN5O/c24-20-14-17(6-10-25-20)16-29-11-3-7-23(22(29)30)8-12-28(13-9-23)21-15-26-18-4-1-2-5-19(18)27-21/h1-2,4-6,10,14-15H,3,7-9,11-13,16H2. The van der Waals surface area contributed by atoms with E-state index in [0.717, 1.165) is 72.3 Å². The number of hydrogen-bond donors (Lipinski definition) is 0. The Morgan fingerprint density at radius 2 is 1.80 bits per heavy atom. The van der Waals surface area contributed by atoms with E-state index in [1.54, 1.807) is 6.20 Å². The smallest absolute Gasteiger partial charge is 0.229 e. The Kier molecular flexibility index (Phi) is 5.15. The molecule has 1 aromatic carbocycles. The van der Waals surface area contributed by atoms with Crippen LogP contribution in [0.25, 0.3) is 11.0 Å². The topological polar surface area (TPSA) is 62.2 Å². The summed E-state index contributed by atoms with van der Waals surface area (Å²) in [5, 5.41) is 0. The molecule has 0 atom stereocenters. The molecule has 2 fully saturated rings. The summed E-state index contributed by atoms with van der Waals surface area (Å²) in [5.41, 5.74) is 2.71. The largest absolute Gasteiger partial charge is 0.355 e. The number of para-hydroxylation sites is 2. The highest BCUT2D eigenvalue weighted by atomic mass is 79.9. The Bertz CT molecular complexity index is 1080.